The number of ether oxygens (including phenoxy) is 1. The first-order valence-electron chi connectivity index (χ1n) is 8.49. The SMILES string of the molecule is CC(=O)N1CCC(O)(CN2CCOC(c3cccc(N)n3)C2)CC1. The van der Waals surface area contributed by atoms with Gasteiger partial charge in [-0.1, -0.05) is 6.07 Å². The molecule has 1 atom stereocenters. The number of carbonyl (C=O) groups excluding carboxylic acids is 1. The van der Waals surface area contributed by atoms with Gasteiger partial charge >= 0.3 is 0 Å². The van der Waals surface area contributed by atoms with Gasteiger partial charge in [-0.25, -0.2) is 4.98 Å². The summed E-state index contributed by atoms with van der Waals surface area (Å²) in [6.45, 7) is 5.51. The first-order valence-corrected chi connectivity index (χ1v) is 8.49. The molecule has 0 aromatic carbocycles. The summed E-state index contributed by atoms with van der Waals surface area (Å²) in [6, 6.07) is 5.56. The lowest BCUT2D eigenvalue weighted by atomic mass is 9.90. The number of nitrogens with two attached hydrogens (primary N) is 1. The van der Waals surface area contributed by atoms with Crippen molar-refractivity contribution >= 4 is 11.7 Å². The van der Waals surface area contributed by atoms with Gasteiger partial charge in [0.15, 0.2) is 0 Å². The van der Waals surface area contributed by atoms with Crippen LogP contribution in [0.1, 0.15) is 31.6 Å². The average Bonchev–Trinajstić information content (AvgIpc) is 2.55. The highest BCUT2D eigenvalue weighted by molar-refractivity contribution is 5.73. The molecule has 2 aliphatic rings. The van der Waals surface area contributed by atoms with E-state index in [-0.39, 0.29) is 12.0 Å². The number of anilines is 1. The van der Waals surface area contributed by atoms with Gasteiger partial charge in [0.25, 0.3) is 0 Å². The number of carbonyl (C=O) groups is 1. The topological polar surface area (TPSA) is 91.9 Å². The zero-order valence-corrected chi connectivity index (χ0v) is 14.1. The number of β-amino-alcohol motifs (C(OH)–C–C–N with tert-alkyl or cyclic N) is 1. The summed E-state index contributed by atoms with van der Waals surface area (Å²) in [5.41, 5.74) is 5.85. The molecule has 24 heavy (non-hydrogen) atoms. The Kier molecular flexibility index (Phi) is 5.03. The van der Waals surface area contributed by atoms with Crippen LogP contribution >= 0.6 is 0 Å². The smallest absolute Gasteiger partial charge is 0.219 e. The van der Waals surface area contributed by atoms with Crippen molar-refractivity contribution < 1.29 is 14.6 Å². The van der Waals surface area contributed by atoms with Crippen LogP contribution < -0.4 is 5.73 Å². The van der Waals surface area contributed by atoms with Crippen LogP contribution in [0, 0.1) is 0 Å². The van der Waals surface area contributed by atoms with Gasteiger partial charge in [0, 0.05) is 39.6 Å². The second-order valence-electron chi connectivity index (χ2n) is 6.81. The summed E-state index contributed by atoms with van der Waals surface area (Å²) in [5.74, 6) is 0.569. The monoisotopic (exact) mass is 334 g/mol. The number of nitrogen functional groups attached to an aromatic ring is 1. The van der Waals surface area contributed by atoms with Crippen LogP contribution in [0.5, 0.6) is 0 Å². The van der Waals surface area contributed by atoms with Gasteiger partial charge in [0.1, 0.15) is 11.9 Å². The van der Waals surface area contributed by atoms with Crippen molar-refractivity contribution in [3.63, 3.8) is 0 Å². The van der Waals surface area contributed by atoms with Gasteiger partial charge in [0.2, 0.25) is 5.91 Å². The highest BCUT2D eigenvalue weighted by Gasteiger charge is 2.36. The second-order valence-corrected chi connectivity index (χ2v) is 6.81. The molecule has 2 aliphatic heterocycles. The molecule has 2 fully saturated rings. The number of hydrogen-bond donors (Lipinski definition) is 2. The third-order valence-electron chi connectivity index (χ3n) is 4.93. The Bertz CT molecular complexity index is 587. The molecular weight excluding hydrogens is 308 g/mol. The van der Waals surface area contributed by atoms with Crippen LogP contribution in [0.4, 0.5) is 5.82 Å². The zero-order chi connectivity index (χ0) is 17.2. The molecule has 3 rings (SSSR count). The quantitative estimate of drug-likeness (QED) is 0.832. The van der Waals surface area contributed by atoms with E-state index in [0.717, 1.165) is 12.2 Å². The van der Waals surface area contributed by atoms with Crippen molar-refractivity contribution in [3.8, 4) is 0 Å². The lowest BCUT2D eigenvalue weighted by Gasteiger charge is -2.42. The number of amides is 1. The maximum absolute atomic E-state index is 11.4. The van der Waals surface area contributed by atoms with Gasteiger partial charge in [-0.3, -0.25) is 9.69 Å². The maximum Gasteiger partial charge on any atom is 0.219 e. The van der Waals surface area contributed by atoms with Gasteiger partial charge in [-0.05, 0) is 25.0 Å². The van der Waals surface area contributed by atoms with Gasteiger partial charge in [-0.2, -0.15) is 0 Å². The summed E-state index contributed by atoms with van der Waals surface area (Å²) in [5, 5.41) is 10.9. The third kappa shape index (κ3) is 4.03. The molecule has 2 saturated heterocycles. The molecule has 3 heterocycles. The molecule has 1 aromatic heterocycles. The number of nitrogens with zero attached hydrogens (tertiary/aromatic N) is 3. The van der Waals surface area contributed by atoms with E-state index in [1.54, 1.807) is 17.9 Å². The van der Waals surface area contributed by atoms with Gasteiger partial charge in [0.05, 0.1) is 17.9 Å². The average molecular weight is 334 g/mol. The third-order valence-corrected chi connectivity index (χ3v) is 4.93. The number of pyridine rings is 1. The lowest BCUT2D eigenvalue weighted by Crippen LogP contribution is -2.53. The molecule has 7 heteroatoms. The molecule has 0 aliphatic carbocycles. The van der Waals surface area contributed by atoms with Crippen LogP contribution in [-0.2, 0) is 9.53 Å². The van der Waals surface area contributed by atoms with E-state index in [0.29, 0.717) is 51.4 Å². The summed E-state index contributed by atoms with van der Waals surface area (Å²) >= 11 is 0. The Morgan fingerprint density at radius 2 is 2.17 bits per heavy atom. The molecule has 132 valence electrons. The van der Waals surface area contributed by atoms with Crippen molar-refractivity contribution in [1.82, 2.24) is 14.8 Å². The van der Waals surface area contributed by atoms with Crippen molar-refractivity contribution in [3.05, 3.63) is 23.9 Å². The molecule has 0 radical (unpaired) electrons. The number of hydrogen-bond acceptors (Lipinski definition) is 6. The van der Waals surface area contributed by atoms with Crippen molar-refractivity contribution in [1.29, 1.82) is 0 Å². The summed E-state index contributed by atoms with van der Waals surface area (Å²) in [7, 11) is 0. The van der Waals surface area contributed by atoms with E-state index in [1.165, 1.54) is 0 Å². The van der Waals surface area contributed by atoms with E-state index in [2.05, 4.69) is 9.88 Å². The first kappa shape index (κ1) is 17.1. The number of morpholine rings is 1. The highest BCUT2D eigenvalue weighted by atomic mass is 16.5. The van der Waals surface area contributed by atoms with Crippen LogP contribution in [0.3, 0.4) is 0 Å². The Balaban J connectivity index is 1.58. The van der Waals surface area contributed by atoms with Crippen molar-refractivity contribution in [2.24, 2.45) is 0 Å². The predicted octanol–water partition coefficient (Wildman–Crippen LogP) is 0.411. The van der Waals surface area contributed by atoms with Gasteiger partial charge < -0.3 is 20.5 Å². The van der Waals surface area contributed by atoms with Gasteiger partial charge in [-0.15, -0.1) is 0 Å². The molecule has 0 saturated carbocycles. The van der Waals surface area contributed by atoms with Crippen LogP contribution in [0.25, 0.3) is 0 Å². The minimum absolute atomic E-state index is 0.0798. The number of aliphatic hydroxyl groups is 1. The molecular formula is C17H26N4O3. The Morgan fingerprint density at radius 1 is 1.42 bits per heavy atom. The fraction of sp³-hybridized carbons (Fsp3) is 0.647. The van der Waals surface area contributed by atoms with Crippen molar-refractivity contribution in [2.45, 2.75) is 31.5 Å². The van der Waals surface area contributed by atoms with E-state index in [9.17, 15) is 9.90 Å². The number of piperidine rings is 1. The predicted molar refractivity (Wildman–Crippen MR) is 90.2 cm³/mol. The molecule has 1 aromatic rings. The van der Waals surface area contributed by atoms with Crippen LogP contribution in [-0.4, -0.2) is 70.7 Å². The summed E-state index contributed by atoms with van der Waals surface area (Å²) in [4.78, 5) is 19.8. The fourth-order valence-corrected chi connectivity index (χ4v) is 3.49. The first-order chi connectivity index (χ1) is 11.5. The highest BCUT2D eigenvalue weighted by Crippen LogP contribution is 2.27. The Morgan fingerprint density at radius 3 is 2.83 bits per heavy atom. The molecule has 1 amide bonds. The number of likely N-dealkylation sites (tertiary alicyclic amines) is 1. The zero-order valence-electron chi connectivity index (χ0n) is 14.1. The number of rotatable bonds is 3. The minimum Gasteiger partial charge on any atom is -0.388 e. The summed E-state index contributed by atoms with van der Waals surface area (Å²) < 4.78 is 5.83. The molecule has 1 unspecified atom stereocenters. The molecule has 0 bridgehead atoms. The minimum atomic E-state index is -0.739. The fourth-order valence-electron chi connectivity index (χ4n) is 3.49. The van der Waals surface area contributed by atoms with Crippen LogP contribution in [0.15, 0.2) is 18.2 Å². The van der Waals surface area contributed by atoms with Crippen LogP contribution in [0.2, 0.25) is 0 Å². The molecule has 0 spiro atoms. The number of aromatic nitrogens is 1. The normalized spacial score (nSPS) is 24.8. The standard InChI is InChI=1S/C17H26N4O3/c1-13(22)21-7-5-17(23,6-8-21)12-20-9-10-24-15(11-20)14-3-2-4-16(18)19-14/h2-4,15,23H,5-12H2,1H3,(H2,18,19). The Hall–Kier alpha value is -1.70. The molecule has 7 nitrogen and oxygen atoms in total. The lowest BCUT2D eigenvalue weighted by molar-refractivity contribution is -0.134. The van der Waals surface area contributed by atoms with Crippen molar-refractivity contribution in [2.75, 3.05) is 45.1 Å². The molecule has 3 N–H and O–H groups in total. The largest absolute Gasteiger partial charge is 0.388 e. The summed E-state index contributed by atoms with van der Waals surface area (Å²) in [6.07, 6.45) is 1.11. The second kappa shape index (κ2) is 7.04. The Labute approximate surface area is 142 Å². The van der Waals surface area contributed by atoms with E-state index in [4.69, 9.17) is 10.5 Å². The van der Waals surface area contributed by atoms with E-state index >= 15 is 0 Å². The van der Waals surface area contributed by atoms with E-state index in [1.807, 2.05) is 12.1 Å². The maximum atomic E-state index is 11.4. The van der Waals surface area contributed by atoms with E-state index < -0.39 is 5.60 Å².